The van der Waals surface area contributed by atoms with E-state index in [2.05, 4.69) is 10.3 Å². The highest BCUT2D eigenvalue weighted by Crippen LogP contribution is 2.29. The van der Waals surface area contributed by atoms with Crippen molar-refractivity contribution in [1.82, 2.24) is 10.3 Å². The number of phenols is 1. The van der Waals surface area contributed by atoms with E-state index in [-0.39, 0.29) is 11.7 Å². The number of nitrogens with zero attached hydrogens (tertiary/aromatic N) is 1. The van der Waals surface area contributed by atoms with Gasteiger partial charge in [0.05, 0.1) is 0 Å². The van der Waals surface area contributed by atoms with Crippen molar-refractivity contribution in [2.24, 2.45) is 0 Å². The maximum Gasteiger partial charge on any atom is 0.269 e. The number of rotatable bonds is 4. The first-order valence-corrected chi connectivity index (χ1v) is 6.72. The molecule has 1 amide bonds. The van der Waals surface area contributed by atoms with Crippen LogP contribution in [0.3, 0.4) is 0 Å². The van der Waals surface area contributed by atoms with Crippen LogP contribution in [0, 0.1) is 0 Å². The molecule has 0 unspecified atom stereocenters. The Morgan fingerprint density at radius 3 is 2.84 bits per heavy atom. The standard InChI is InChI=1S/C14H14N2O2S/c1-2-15-14(18)13-9-12(6-7-16-13)19-11-5-3-4-10(17)8-11/h3-9,17H,2H2,1H3,(H,15,18). The maximum atomic E-state index is 11.7. The number of carbonyl (C=O) groups is 1. The molecule has 0 atom stereocenters. The summed E-state index contributed by atoms with van der Waals surface area (Å²) in [6.45, 7) is 2.44. The third-order valence-corrected chi connectivity index (χ3v) is 3.33. The molecule has 0 aliphatic heterocycles. The second kappa shape index (κ2) is 6.24. The summed E-state index contributed by atoms with van der Waals surface area (Å²) in [6, 6.07) is 10.5. The smallest absolute Gasteiger partial charge is 0.269 e. The Bertz CT molecular complexity index is 587. The Balaban J connectivity index is 2.17. The summed E-state index contributed by atoms with van der Waals surface area (Å²) in [5.74, 6) is 0.0452. The van der Waals surface area contributed by atoms with Gasteiger partial charge >= 0.3 is 0 Å². The summed E-state index contributed by atoms with van der Waals surface area (Å²) < 4.78 is 0. The van der Waals surface area contributed by atoms with Crippen LogP contribution in [0.25, 0.3) is 0 Å². The van der Waals surface area contributed by atoms with Crippen molar-refractivity contribution in [2.45, 2.75) is 16.7 Å². The van der Waals surface area contributed by atoms with E-state index in [0.717, 1.165) is 9.79 Å². The van der Waals surface area contributed by atoms with Gasteiger partial charge in [0.25, 0.3) is 5.91 Å². The van der Waals surface area contributed by atoms with Gasteiger partial charge in [0, 0.05) is 22.5 Å². The van der Waals surface area contributed by atoms with E-state index in [4.69, 9.17) is 0 Å². The highest BCUT2D eigenvalue weighted by atomic mass is 32.2. The van der Waals surface area contributed by atoms with Gasteiger partial charge in [0.2, 0.25) is 0 Å². The maximum absolute atomic E-state index is 11.7. The largest absolute Gasteiger partial charge is 0.508 e. The average molecular weight is 274 g/mol. The van der Waals surface area contributed by atoms with Gasteiger partial charge < -0.3 is 10.4 Å². The third kappa shape index (κ3) is 3.72. The number of nitrogens with one attached hydrogen (secondary N) is 1. The molecule has 0 aliphatic rings. The van der Waals surface area contributed by atoms with E-state index in [1.807, 2.05) is 19.1 Å². The van der Waals surface area contributed by atoms with Crippen LogP contribution in [0.5, 0.6) is 5.75 Å². The zero-order valence-electron chi connectivity index (χ0n) is 10.5. The highest BCUT2D eigenvalue weighted by molar-refractivity contribution is 7.99. The Labute approximate surface area is 115 Å². The zero-order valence-corrected chi connectivity index (χ0v) is 11.3. The van der Waals surface area contributed by atoms with Crippen LogP contribution in [0.4, 0.5) is 0 Å². The summed E-state index contributed by atoms with van der Waals surface area (Å²) in [5.41, 5.74) is 0.395. The lowest BCUT2D eigenvalue weighted by Gasteiger charge is -2.05. The van der Waals surface area contributed by atoms with Crippen LogP contribution in [0.15, 0.2) is 52.4 Å². The van der Waals surface area contributed by atoms with Gasteiger partial charge in [-0.15, -0.1) is 0 Å². The molecule has 1 aromatic heterocycles. The Morgan fingerprint density at radius 2 is 2.11 bits per heavy atom. The summed E-state index contributed by atoms with van der Waals surface area (Å²) in [4.78, 5) is 17.5. The molecule has 1 aromatic carbocycles. The molecule has 2 N–H and O–H groups in total. The van der Waals surface area contributed by atoms with E-state index < -0.39 is 0 Å². The van der Waals surface area contributed by atoms with E-state index in [1.54, 1.807) is 30.5 Å². The minimum Gasteiger partial charge on any atom is -0.508 e. The lowest BCUT2D eigenvalue weighted by molar-refractivity contribution is 0.0950. The van der Waals surface area contributed by atoms with Crippen molar-refractivity contribution in [3.8, 4) is 5.75 Å². The Kier molecular flexibility index (Phi) is 4.41. The summed E-state index contributed by atoms with van der Waals surface area (Å²) in [7, 11) is 0. The molecular formula is C14H14N2O2S. The second-order valence-electron chi connectivity index (χ2n) is 3.84. The van der Waals surface area contributed by atoms with Crippen LogP contribution in [0.1, 0.15) is 17.4 Å². The van der Waals surface area contributed by atoms with Gasteiger partial charge in [-0.25, -0.2) is 0 Å². The van der Waals surface area contributed by atoms with Crippen molar-refractivity contribution >= 4 is 17.7 Å². The SMILES string of the molecule is CCNC(=O)c1cc(Sc2cccc(O)c2)ccn1. The lowest BCUT2D eigenvalue weighted by atomic mass is 10.3. The molecule has 0 saturated heterocycles. The first-order chi connectivity index (χ1) is 9.19. The summed E-state index contributed by atoms with van der Waals surface area (Å²) in [5, 5.41) is 12.1. The van der Waals surface area contributed by atoms with Gasteiger partial charge in [-0.2, -0.15) is 0 Å². The van der Waals surface area contributed by atoms with E-state index in [0.29, 0.717) is 12.2 Å². The Morgan fingerprint density at radius 1 is 1.32 bits per heavy atom. The Hall–Kier alpha value is -2.01. The average Bonchev–Trinajstić information content (AvgIpc) is 2.39. The van der Waals surface area contributed by atoms with Crippen molar-refractivity contribution < 1.29 is 9.90 Å². The number of amides is 1. The van der Waals surface area contributed by atoms with E-state index >= 15 is 0 Å². The number of hydrogen-bond donors (Lipinski definition) is 2. The fraction of sp³-hybridized carbons (Fsp3) is 0.143. The van der Waals surface area contributed by atoms with Crippen LogP contribution in [-0.4, -0.2) is 22.5 Å². The summed E-state index contributed by atoms with van der Waals surface area (Å²) >= 11 is 1.47. The second-order valence-corrected chi connectivity index (χ2v) is 4.98. The molecule has 4 nitrogen and oxygen atoms in total. The molecule has 1 heterocycles. The molecule has 0 aliphatic carbocycles. The molecule has 0 bridgehead atoms. The predicted molar refractivity (Wildman–Crippen MR) is 74.5 cm³/mol. The van der Waals surface area contributed by atoms with Gasteiger partial charge in [0.1, 0.15) is 11.4 Å². The first-order valence-electron chi connectivity index (χ1n) is 5.90. The number of hydrogen-bond acceptors (Lipinski definition) is 4. The molecule has 98 valence electrons. The van der Waals surface area contributed by atoms with Gasteiger partial charge in [-0.3, -0.25) is 9.78 Å². The number of phenolic OH excluding ortho intramolecular Hbond substituents is 1. The van der Waals surface area contributed by atoms with Crippen LogP contribution < -0.4 is 5.32 Å². The normalized spacial score (nSPS) is 10.2. The van der Waals surface area contributed by atoms with Crippen LogP contribution in [-0.2, 0) is 0 Å². The number of aromatic nitrogens is 1. The van der Waals surface area contributed by atoms with E-state index in [9.17, 15) is 9.90 Å². The minimum atomic E-state index is -0.180. The first kappa shape index (κ1) is 13.4. The molecule has 19 heavy (non-hydrogen) atoms. The number of carbonyl (C=O) groups excluding carboxylic acids is 1. The molecule has 2 aromatic rings. The number of aromatic hydroxyl groups is 1. The topological polar surface area (TPSA) is 62.2 Å². The van der Waals surface area contributed by atoms with Gasteiger partial charge in [-0.1, -0.05) is 17.8 Å². The molecule has 2 rings (SSSR count). The molecule has 0 radical (unpaired) electrons. The van der Waals surface area contributed by atoms with Crippen molar-refractivity contribution in [1.29, 1.82) is 0 Å². The number of pyridine rings is 1. The monoisotopic (exact) mass is 274 g/mol. The van der Waals surface area contributed by atoms with E-state index in [1.165, 1.54) is 11.8 Å². The van der Waals surface area contributed by atoms with Crippen LogP contribution >= 0.6 is 11.8 Å². The van der Waals surface area contributed by atoms with Crippen molar-refractivity contribution in [2.75, 3.05) is 6.54 Å². The molecular weight excluding hydrogens is 260 g/mol. The molecule has 0 spiro atoms. The van der Waals surface area contributed by atoms with Gasteiger partial charge in [0.15, 0.2) is 0 Å². The lowest BCUT2D eigenvalue weighted by Crippen LogP contribution is -2.23. The molecule has 0 saturated carbocycles. The molecule has 5 heteroatoms. The highest BCUT2D eigenvalue weighted by Gasteiger charge is 2.07. The van der Waals surface area contributed by atoms with Crippen molar-refractivity contribution in [3.63, 3.8) is 0 Å². The summed E-state index contributed by atoms with van der Waals surface area (Å²) in [6.07, 6.45) is 1.61. The predicted octanol–water partition coefficient (Wildman–Crippen LogP) is 2.69. The fourth-order valence-corrected chi connectivity index (χ4v) is 2.43. The van der Waals surface area contributed by atoms with Crippen molar-refractivity contribution in [3.05, 3.63) is 48.3 Å². The number of benzene rings is 1. The zero-order chi connectivity index (χ0) is 13.7. The minimum absolute atomic E-state index is 0.180. The quantitative estimate of drug-likeness (QED) is 0.900. The molecule has 0 fully saturated rings. The third-order valence-electron chi connectivity index (χ3n) is 2.35. The van der Waals surface area contributed by atoms with Gasteiger partial charge in [-0.05, 0) is 37.3 Å². The fourth-order valence-electron chi connectivity index (χ4n) is 1.53. The van der Waals surface area contributed by atoms with Crippen LogP contribution in [0.2, 0.25) is 0 Å².